The summed E-state index contributed by atoms with van der Waals surface area (Å²) < 4.78 is 8.14. The van der Waals surface area contributed by atoms with Crippen LogP contribution in [-0.4, -0.2) is 16.1 Å². The summed E-state index contributed by atoms with van der Waals surface area (Å²) in [6, 6.07) is 18.1. The Morgan fingerprint density at radius 3 is 2.53 bits per heavy atom. The first-order valence-electron chi connectivity index (χ1n) is 11.5. The Morgan fingerprint density at radius 2 is 1.78 bits per heavy atom. The second-order valence-corrected chi connectivity index (χ2v) is 10.2. The maximum atomic E-state index is 13.4. The molecular weight excluding hydrogens is 398 g/mol. The van der Waals surface area contributed by atoms with E-state index in [0.29, 0.717) is 24.7 Å². The van der Waals surface area contributed by atoms with E-state index in [0.717, 1.165) is 52.5 Å². The van der Waals surface area contributed by atoms with Crippen LogP contribution in [0.15, 0.2) is 65.2 Å². The van der Waals surface area contributed by atoms with Gasteiger partial charge in [-0.2, -0.15) is 0 Å². The van der Waals surface area contributed by atoms with Gasteiger partial charge in [-0.15, -0.1) is 0 Å². The first-order valence-corrected chi connectivity index (χ1v) is 11.5. The third kappa shape index (κ3) is 2.75. The van der Waals surface area contributed by atoms with E-state index in [2.05, 4.69) is 29.7 Å². The van der Waals surface area contributed by atoms with Gasteiger partial charge in [0.25, 0.3) is 0 Å². The van der Waals surface area contributed by atoms with Crippen molar-refractivity contribution in [1.29, 1.82) is 0 Å². The predicted octanol–water partition coefficient (Wildman–Crippen LogP) is 6.40. The van der Waals surface area contributed by atoms with Crippen LogP contribution in [0, 0.1) is 16.7 Å². The summed E-state index contributed by atoms with van der Waals surface area (Å²) in [5.41, 5.74) is 2.78. The summed E-state index contributed by atoms with van der Waals surface area (Å²) in [5.74, 6) is 1.69. The number of fused-ring (bicyclic) bond motifs is 2. The van der Waals surface area contributed by atoms with Crippen LogP contribution in [0.1, 0.15) is 55.6 Å². The van der Waals surface area contributed by atoms with Crippen molar-refractivity contribution in [2.45, 2.75) is 46.1 Å². The third-order valence-corrected chi connectivity index (χ3v) is 8.25. The molecule has 0 radical (unpaired) electrons. The van der Waals surface area contributed by atoms with Crippen LogP contribution in [0.25, 0.3) is 21.9 Å². The summed E-state index contributed by atoms with van der Waals surface area (Å²) in [7, 11) is 0. The maximum Gasteiger partial charge on any atom is 0.165 e. The summed E-state index contributed by atoms with van der Waals surface area (Å²) in [6.45, 7) is 4.49. The lowest BCUT2D eigenvalue weighted by Crippen LogP contribution is -2.67. The summed E-state index contributed by atoms with van der Waals surface area (Å²) in [4.78, 5) is 25.3. The molecule has 32 heavy (non-hydrogen) atoms. The molecule has 4 aromatic rings. The largest absolute Gasteiger partial charge is 0.459 e. The highest BCUT2D eigenvalue weighted by molar-refractivity contribution is 6.07. The Bertz CT molecular complexity index is 1340. The van der Waals surface area contributed by atoms with Gasteiger partial charge in [-0.05, 0) is 61.8 Å². The van der Waals surface area contributed by atoms with Gasteiger partial charge in [0, 0.05) is 34.4 Å². The summed E-state index contributed by atoms with van der Waals surface area (Å²) >= 11 is 0. The summed E-state index contributed by atoms with van der Waals surface area (Å²) in [5, 5.41) is 2.16. The number of carbonyl (C=O) groups is 2. The molecule has 0 amide bonds. The highest BCUT2D eigenvalue weighted by Crippen LogP contribution is 2.76. The smallest absolute Gasteiger partial charge is 0.165 e. The van der Waals surface area contributed by atoms with E-state index in [-0.39, 0.29) is 16.6 Å². The Hall–Kier alpha value is -3.14. The van der Waals surface area contributed by atoms with E-state index in [4.69, 9.17) is 4.42 Å². The zero-order valence-electron chi connectivity index (χ0n) is 18.6. The van der Waals surface area contributed by atoms with Crippen molar-refractivity contribution in [3.63, 3.8) is 0 Å². The number of benzene rings is 2. The van der Waals surface area contributed by atoms with Gasteiger partial charge >= 0.3 is 0 Å². The van der Waals surface area contributed by atoms with E-state index < -0.39 is 0 Å². The van der Waals surface area contributed by atoms with Gasteiger partial charge in [0.15, 0.2) is 5.78 Å². The molecule has 4 heteroatoms. The van der Waals surface area contributed by atoms with Crippen molar-refractivity contribution in [3.05, 3.63) is 72.1 Å². The van der Waals surface area contributed by atoms with E-state index >= 15 is 0 Å². The zero-order chi connectivity index (χ0) is 22.1. The molecule has 0 N–H and O–H groups in total. The quantitative estimate of drug-likeness (QED) is 0.322. The van der Waals surface area contributed by atoms with Crippen molar-refractivity contribution in [3.8, 4) is 0 Å². The molecule has 2 aromatic heterocycles. The van der Waals surface area contributed by atoms with Gasteiger partial charge < -0.3 is 8.98 Å². The number of hydrogen-bond donors (Lipinski definition) is 0. The first-order chi connectivity index (χ1) is 15.4. The molecule has 2 heterocycles. The molecule has 1 unspecified atom stereocenters. The average molecular weight is 426 g/mol. The summed E-state index contributed by atoms with van der Waals surface area (Å²) in [6.07, 6.45) is 5.47. The van der Waals surface area contributed by atoms with Crippen LogP contribution in [0.3, 0.4) is 0 Å². The Morgan fingerprint density at radius 1 is 1.03 bits per heavy atom. The molecule has 0 saturated heterocycles. The maximum absolute atomic E-state index is 13.4. The van der Waals surface area contributed by atoms with E-state index in [1.807, 2.05) is 42.6 Å². The van der Waals surface area contributed by atoms with Gasteiger partial charge in [0.2, 0.25) is 0 Å². The third-order valence-electron chi connectivity index (χ3n) is 8.25. The molecule has 2 aromatic carbocycles. The monoisotopic (exact) mass is 425 g/mol. The number of aromatic nitrogens is 1. The molecule has 0 spiro atoms. The van der Waals surface area contributed by atoms with E-state index in [1.54, 1.807) is 6.92 Å². The SMILES string of the molecule is CC(=O)C12CC(C(C)CC(=O)c3cccc4ccn(Cc5cc6ccccc6o5)c34)(C1)C2. The molecular formula is C28H27NO3. The minimum absolute atomic E-state index is 0.0569. The number of ketones is 2. The lowest BCUT2D eigenvalue weighted by molar-refractivity contribution is -0.223. The van der Waals surface area contributed by atoms with Crippen molar-refractivity contribution in [1.82, 2.24) is 4.57 Å². The first kappa shape index (κ1) is 19.5. The number of furan rings is 1. The van der Waals surface area contributed by atoms with Crippen LogP contribution in [0.5, 0.6) is 0 Å². The molecule has 7 rings (SSSR count). The van der Waals surface area contributed by atoms with E-state index in [1.165, 1.54) is 0 Å². The molecule has 3 aliphatic rings. The van der Waals surface area contributed by atoms with Gasteiger partial charge in [0.1, 0.15) is 17.1 Å². The van der Waals surface area contributed by atoms with Crippen molar-refractivity contribution >= 4 is 33.4 Å². The number of nitrogens with zero attached hydrogens (tertiary/aromatic N) is 1. The van der Waals surface area contributed by atoms with Gasteiger partial charge in [-0.25, -0.2) is 0 Å². The van der Waals surface area contributed by atoms with Crippen LogP contribution in [0.4, 0.5) is 0 Å². The predicted molar refractivity (Wildman–Crippen MR) is 125 cm³/mol. The van der Waals surface area contributed by atoms with Crippen LogP contribution < -0.4 is 0 Å². The normalized spacial score (nSPS) is 24.8. The minimum atomic E-state index is -0.0569. The number of carbonyl (C=O) groups excluding carboxylic acids is 2. The van der Waals surface area contributed by atoms with Crippen LogP contribution in [-0.2, 0) is 11.3 Å². The number of Topliss-reactive ketones (excluding diaryl/α,β-unsaturated/α-hetero) is 2. The average Bonchev–Trinajstić information content (AvgIpc) is 3.29. The molecule has 2 bridgehead atoms. The van der Waals surface area contributed by atoms with Gasteiger partial charge in [-0.1, -0.05) is 37.3 Å². The fourth-order valence-electron chi connectivity index (χ4n) is 6.27. The number of para-hydroxylation sites is 2. The molecule has 3 saturated carbocycles. The minimum Gasteiger partial charge on any atom is -0.459 e. The Balaban J connectivity index is 1.26. The molecule has 1 atom stereocenters. The fourth-order valence-corrected chi connectivity index (χ4v) is 6.27. The molecule has 3 aliphatic carbocycles. The number of rotatable bonds is 7. The Kier molecular flexibility index (Phi) is 4.08. The molecule has 4 nitrogen and oxygen atoms in total. The van der Waals surface area contributed by atoms with Gasteiger partial charge in [0.05, 0.1) is 12.1 Å². The van der Waals surface area contributed by atoms with Crippen molar-refractivity contribution in [2.24, 2.45) is 16.7 Å². The van der Waals surface area contributed by atoms with Gasteiger partial charge in [-0.3, -0.25) is 9.59 Å². The topological polar surface area (TPSA) is 52.2 Å². The van der Waals surface area contributed by atoms with Crippen molar-refractivity contribution in [2.75, 3.05) is 0 Å². The van der Waals surface area contributed by atoms with Crippen LogP contribution in [0.2, 0.25) is 0 Å². The molecule has 3 fully saturated rings. The molecule has 162 valence electrons. The lowest BCUT2D eigenvalue weighted by atomic mass is 9.31. The standard InChI is InChI=1S/C28H27NO3/c1-18(27-15-28(16-27,17-27)19(2)30)12-24(31)23-8-5-7-20-10-11-29(26(20)23)14-22-13-21-6-3-4-9-25(21)32-22/h3-11,13,18H,12,14-17H2,1-2H3. The van der Waals surface area contributed by atoms with E-state index in [9.17, 15) is 9.59 Å². The second kappa shape index (κ2) is 6.68. The lowest BCUT2D eigenvalue weighted by Gasteiger charge is -2.72. The van der Waals surface area contributed by atoms with Crippen LogP contribution >= 0.6 is 0 Å². The highest BCUT2D eigenvalue weighted by Gasteiger charge is 2.71. The fraction of sp³-hybridized carbons (Fsp3) is 0.357. The van der Waals surface area contributed by atoms with Crippen molar-refractivity contribution < 1.29 is 14.0 Å². The zero-order valence-corrected chi connectivity index (χ0v) is 18.6. The highest BCUT2D eigenvalue weighted by atomic mass is 16.3. The number of hydrogen-bond acceptors (Lipinski definition) is 3. The second-order valence-electron chi connectivity index (χ2n) is 10.2. The molecule has 0 aliphatic heterocycles. The Labute approximate surface area is 187 Å².